The summed E-state index contributed by atoms with van der Waals surface area (Å²) in [6, 6.07) is 0. The molecule has 0 aromatic heterocycles. The first-order valence-corrected chi connectivity index (χ1v) is 17.6. The Labute approximate surface area is 229 Å². The highest BCUT2D eigenvalue weighted by Gasteiger charge is 2.50. The lowest BCUT2D eigenvalue weighted by Crippen LogP contribution is -2.29. The van der Waals surface area contributed by atoms with Crippen LogP contribution >= 0.6 is 68.0 Å². The maximum Gasteiger partial charge on any atom is 0.578 e. The number of halogens is 1. The van der Waals surface area contributed by atoms with Gasteiger partial charge in [0.1, 0.15) is 24.1 Å². The Morgan fingerprint density at radius 3 is 2.50 bits per heavy atom. The molecule has 2 unspecified atom stereocenters. The van der Waals surface area contributed by atoms with Crippen molar-refractivity contribution >= 4 is 79.7 Å². The number of phosphoric acid groups is 2. The van der Waals surface area contributed by atoms with Crippen LogP contribution in [0.3, 0.4) is 0 Å². The standard InChI is InChI=1S/C14H27IN3O13P3S2/c1-9(19)18-12(16)4-5-17-13-6-10(27-8-35-36-14(2,3)15)11(29-13)7-28-33(23,24)31-34(25,26)30-32(20,21)22/h4-5,10-11,13,20-22H,6-8H2,1-3H3,(H4-,16,17,18,19,23,24,25,26)/p+1/t10-,11-,13-/m1/s1. The molecule has 1 saturated heterocycles. The van der Waals surface area contributed by atoms with Gasteiger partial charge in [0.2, 0.25) is 5.91 Å². The van der Waals surface area contributed by atoms with Gasteiger partial charge in [-0.15, -0.1) is 0 Å². The van der Waals surface area contributed by atoms with Crippen LogP contribution in [0.25, 0.3) is 0 Å². The van der Waals surface area contributed by atoms with Crippen molar-refractivity contribution < 1.29 is 61.0 Å². The Morgan fingerprint density at radius 2 is 1.94 bits per heavy atom. The quantitative estimate of drug-likeness (QED) is 0.0176. The molecule has 8 N–H and O–H groups in total. The Bertz CT molecular complexity index is 888. The van der Waals surface area contributed by atoms with E-state index in [0.29, 0.717) is 0 Å². The minimum absolute atomic E-state index is 0.0630. The van der Waals surface area contributed by atoms with Gasteiger partial charge in [-0.3, -0.25) is 19.6 Å². The van der Waals surface area contributed by atoms with Crippen molar-refractivity contribution in [3.05, 3.63) is 12.3 Å². The zero-order valence-electron chi connectivity index (χ0n) is 19.0. The summed E-state index contributed by atoms with van der Waals surface area (Å²) in [6.07, 6.45) is 0.514. The molecule has 0 bridgehead atoms. The molecule has 1 aliphatic rings. The minimum atomic E-state index is -5.59. The normalized spacial score (nSPS) is 24.3. The van der Waals surface area contributed by atoms with Crippen LogP contribution in [-0.2, 0) is 36.5 Å². The molecule has 36 heavy (non-hydrogen) atoms. The molecule has 0 aromatic rings. The lowest BCUT2D eigenvalue weighted by molar-refractivity contribution is -0.117. The summed E-state index contributed by atoms with van der Waals surface area (Å²) in [5.74, 6) is -0.375. The predicted octanol–water partition coefficient (Wildman–Crippen LogP) is 2.12. The zero-order valence-corrected chi connectivity index (χ0v) is 25.5. The Kier molecular flexibility index (Phi) is 14.3. The first-order chi connectivity index (χ1) is 16.3. The maximum atomic E-state index is 12.0. The highest BCUT2D eigenvalue weighted by molar-refractivity contribution is 14.1. The van der Waals surface area contributed by atoms with E-state index in [9.17, 15) is 23.7 Å². The zero-order chi connectivity index (χ0) is 27.8. The third-order valence-corrected chi connectivity index (χ3v) is 11.5. The summed E-state index contributed by atoms with van der Waals surface area (Å²) in [5.41, 5.74) is 0. The Morgan fingerprint density at radius 1 is 1.31 bits per heavy atom. The van der Waals surface area contributed by atoms with E-state index in [1.807, 2.05) is 13.8 Å². The van der Waals surface area contributed by atoms with E-state index >= 15 is 0 Å². The number of hydrogen-bond donors (Lipinski definition) is 8. The molecule has 0 aromatic carbocycles. The Balaban J connectivity index is 2.76. The molecule has 0 radical (unpaired) electrons. The highest BCUT2D eigenvalue weighted by Crippen LogP contribution is 2.68. The fourth-order valence-corrected chi connectivity index (χ4v) is 8.29. The van der Waals surface area contributed by atoms with Crippen LogP contribution < -0.4 is 10.6 Å². The fraction of sp³-hybridized carbons (Fsp3) is 0.714. The second-order valence-corrected chi connectivity index (χ2v) is 18.1. The number of hydrogen-bond acceptors (Lipinski definition) is 15. The van der Waals surface area contributed by atoms with Gasteiger partial charge in [-0.25, -0.2) is 9.13 Å². The largest absolute Gasteiger partial charge is 0.578 e. The van der Waals surface area contributed by atoms with E-state index in [-0.39, 0.29) is 20.9 Å². The summed E-state index contributed by atoms with van der Waals surface area (Å²) in [7, 11) is -13.2. The first kappa shape index (κ1) is 34.6. The van der Waals surface area contributed by atoms with Crippen molar-refractivity contribution in [3.8, 4) is 0 Å². The van der Waals surface area contributed by atoms with E-state index in [2.05, 4.69) is 46.4 Å². The lowest BCUT2D eigenvalue weighted by Gasteiger charge is -2.21. The Hall–Kier alpha value is 0.600. The number of phosphoric ester groups is 1. The average molecular weight is 730 g/mol. The molecule has 0 spiro atoms. The van der Waals surface area contributed by atoms with Gasteiger partial charge in [0.25, 0.3) is 0 Å². The van der Waals surface area contributed by atoms with E-state index in [1.54, 1.807) is 10.8 Å². The van der Waals surface area contributed by atoms with Crippen LogP contribution in [0.2, 0.25) is 0 Å². The number of nitrogens with one attached hydrogen (secondary N) is 3. The minimum Gasteiger partial charge on any atom is -0.366 e. The van der Waals surface area contributed by atoms with E-state index in [0.717, 1.165) is 0 Å². The molecule has 0 saturated carbocycles. The van der Waals surface area contributed by atoms with Gasteiger partial charge in [0, 0.05) is 19.5 Å². The molecule has 5 atom stereocenters. The van der Waals surface area contributed by atoms with Gasteiger partial charge in [0.05, 0.1) is 15.5 Å². The van der Waals surface area contributed by atoms with Crippen molar-refractivity contribution in [2.24, 2.45) is 0 Å². The number of carbonyl (C=O) groups is 1. The average Bonchev–Trinajstić information content (AvgIpc) is 3.01. The third kappa shape index (κ3) is 16.5. The number of ether oxygens (including phenoxy) is 2. The smallest absolute Gasteiger partial charge is 0.366 e. The van der Waals surface area contributed by atoms with Gasteiger partial charge in [0.15, 0.2) is 0 Å². The van der Waals surface area contributed by atoms with Gasteiger partial charge >= 0.3 is 23.8 Å². The number of rotatable bonds is 15. The fourth-order valence-electron chi connectivity index (χ4n) is 2.37. The summed E-state index contributed by atoms with van der Waals surface area (Å²) in [5, 5.41) is 12.7. The molecule has 16 nitrogen and oxygen atoms in total. The molecule has 1 aliphatic heterocycles. The molecular weight excluding hydrogens is 702 g/mol. The summed E-state index contributed by atoms with van der Waals surface area (Å²) >= 11 is 2.25. The molecular formula is C14H28IN3O13P3S2+. The SMILES string of the molecule is CC(=O)NC(=N)/C=C\N[C@H]1C[C@@H](OCSSC(C)(C)I)[C@@H](COP(=O)(O)OP(=O)(O)O[P+](O)(O)O)O1. The van der Waals surface area contributed by atoms with E-state index < -0.39 is 54.8 Å². The van der Waals surface area contributed by atoms with Crippen LogP contribution in [0, 0.1) is 5.41 Å². The molecule has 1 fully saturated rings. The number of amidine groups is 1. The van der Waals surface area contributed by atoms with Crippen LogP contribution in [0.15, 0.2) is 12.3 Å². The second kappa shape index (κ2) is 14.8. The van der Waals surface area contributed by atoms with E-state index in [4.69, 9.17) is 29.6 Å². The lowest BCUT2D eigenvalue weighted by atomic mass is 10.2. The van der Waals surface area contributed by atoms with Crippen molar-refractivity contribution in [2.75, 3.05) is 12.5 Å². The van der Waals surface area contributed by atoms with Gasteiger partial charge < -0.3 is 25.0 Å². The summed E-state index contributed by atoms with van der Waals surface area (Å²) in [4.78, 5) is 56.1. The van der Waals surface area contributed by atoms with Crippen LogP contribution in [0.5, 0.6) is 0 Å². The molecule has 1 rings (SSSR count). The number of amides is 1. The summed E-state index contributed by atoms with van der Waals surface area (Å²) in [6.45, 7) is 4.60. The van der Waals surface area contributed by atoms with Crippen molar-refractivity contribution in [1.82, 2.24) is 10.6 Å². The molecule has 210 valence electrons. The van der Waals surface area contributed by atoms with Gasteiger partial charge in [-0.1, -0.05) is 44.2 Å². The second-order valence-electron chi connectivity index (χ2n) is 7.29. The maximum absolute atomic E-state index is 12.0. The molecule has 22 heteroatoms. The topological polar surface area (TPSA) is 246 Å². The molecule has 1 amide bonds. The first-order valence-electron chi connectivity index (χ1n) is 9.62. The summed E-state index contributed by atoms with van der Waals surface area (Å²) < 4.78 is 47.2. The number of carbonyl (C=O) groups excluding carboxylic acids is 1. The monoisotopic (exact) mass is 730 g/mol. The highest BCUT2D eigenvalue weighted by atomic mass is 127. The number of alkyl halides is 1. The van der Waals surface area contributed by atoms with E-state index in [1.165, 1.54) is 30.0 Å². The predicted molar refractivity (Wildman–Crippen MR) is 141 cm³/mol. The van der Waals surface area contributed by atoms with Crippen molar-refractivity contribution in [1.29, 1.82) is 5.41 Å². The van der Waals surface area contributed by atoms with Crippen LogP contribution in [0.4, 0.5) is 0 Å². The van der Waals surface area contributed by atoms with Crippen LogP contribution in [0.1, 0.15) is 27.2 Å². The van der Waals surface area contributed by atoms with Crippen molar-refractivity contribution in [3.63, 3.8) is 0 Å². The van der Waals surface area contributed by atoms with Crippen LogP contribution in [-0.4, -0.2) is 69.9 Å². The van der Waals surface area contributed by atoms with Gasteiger partial charge in [-0.2, -0.15) is 19.0 Å². The van der Waals surface area contributed by atoms with Gasteiger partial charge in [-0.05, 0) is 24.2 Å². The third-order valence-electron chi connectivity index (χ3n) is 3.45. The molecule has 1 heterocycles. The van der Waals surface area contributed by atoms with Crippen molar-refractivity contribution in [2.45, 2.75) is 48.4 Å². The molecule has 0 aliphatic carbocycles.